The monoisotopic (exact) mass is 316 g/mol. The molecule has 2 aliphatic heterocycles. The largest absolute Gasteiger partial charge is 0.444 e. The normalized spacial score (nSPS) is 27.1. The molecule has 4 heteroatoms. The topological polar surface area (TPSA) is 55.6 Å². The Balaban J connectivity index is 1.62. The van der Waals surface area contributed by atoms with Crippen LogP contribution >= 0.6 is 0 Å². The van der Waals surface area contributed by atoms with Crippen LogP contribution in [0.1, 0.15) is 52.0 Å². The van der Waals surface area contributed by atoms with E-state index >= 15 is 0 Å². The summed E-state index contributed by atoms with van der Waals surface area (Å²) in [7, 11) is 0. The fourth-order valence-electron chi connectivity index (χ4n) is 4.06. The van der Waals surface area contributed by atoms with Gasteiger partial charge >= 0.3 is 6.09 Å². The summed E-state index contributed by atoms with van der Waals surface area (Å²) in [5, 5.41) is 0. The van der Waals surface area contributed by atoms with E-state index in [0.717, 1.165) is 37.8 Å². The Labute approximate surface area is 139 Å². The molecule has 2 saturated heterocycles. The number of carbonyl (C=O) groups excluding carboxylic acids is 1. The molecule has 23 heavy (non-hydrogen) atoms. The van der Waals surface area contributed by atoms with E-state index < -0.39 is 5.60 Å². The minimum Gasteiger partial charge on any atom is -0.444 e. The standard InChI is InChI=1S/C19H28N2O2/c1-19(2,3)23-18(22)21-16-8-9-17(21)12-14(11-16)10-13-4-6-15(20)7-5-13/h4-7,14,16-17H,8-12,20H2,1-3H3. The Bertz CT molecular complexity index is 548. The van der Waals surface area contributed by atoms with Crippen LogP contribution in [0.4, 0.5) is 10.5 Å². The molecule has 2 aliphatic rings. The lowest BCUT2D eigenvalue weighted by atomic mass is 9.86. The summed E-state index contributed by atoms with van der Waals surface area (Å²) in [6.07, 6.45) is 5.34. The molecule has 1 aromatic carbocycles. The van der Waals surface area contributed by atoms with E-state index in [1.54, 1.807) is 0 Å². The molecule has 0 aromatic heterocycles. The molecule has 2 N–H and O–H groups in total. The van der Waals surface area contributed by atoms with Gasteiger partial charge in [0.25, 0.3) is 0 Å². The number of hydrogen-bond acceptors (Lipinski definition) is 3. The Morgan fingerprint density at radius 1 is 1.17 bits per heavy atom. The van der Waals surface area contributed by atoms with Gasteiger partial charge in [0.1, 0.15) is 5.60 Å². The number of rotatable bonds is 2. The van der Waals surface area contributed by atoms with Gasteiger partial charge in [-0.3, -0.25) is 0 Å². The van der Waals surface area contributed by atoms with Crippen LogP contribution in [0, 0.1) is 5.92 Å². The number of fused-ring (bicyclic) bond motifs is 2. The number of ether oxygens (including phenoxy) is 1. The molecule has 0 radical (unpaired) electrons. The molecule has 2 unspecified atom stereocenters. The van der Waals surface area contributed by atoms with Crippen molar-refractivity contribution in [3.05, 3.63) is 29.8 Å². The predicted octanol–water partition coefficient (Wildman–Crippen LogP) is 3.99. The smallest absolute Gasteiger partial charge is 0.410 e. The fourth-order valence-corrected chi connectivity index (χ4v) is 4.06. The van der Waals surface area contributed by atoms with Crippen molar-refractivity contribution < 1.29 is 9.53 Å². The van der Waals surface area contributed by atoms with Crippen molar-refractivity contribution in [1.82, 2.24) is 4.90 Å². The second kappa shape index (κ2) is 6.06. The first-order valence-electron chi connectivity index (χ1n) is 8.67. The van der Waals surface area contributed by atoms with Gasteiger partial charge in [-0.15, -0.1) is 0 Å². The number of nitrogen functional groups attached to an aromatic ring is 1. The average Bonchev–Trinajstić information content (AvgIpc) is 2.72. The highest BCUT2D eigenvalue weighted by molar-refractivity contribution is 5.69. The third kappa shape index (κ3) is 3.80. The molecule has 0 aliphatic carbocycles. The molecule has 1 aromatic rings. The van der Waals surface area contributed by atoms with Gasteiger partial charge in [-0.1, -0.05) is 12.1 Å². The van der Waals surface area contributed by atoms with Crippen molar-refractivity contribution in [1.29, 1.82) is 0 Å². The lowest BCUT2D eigenvalue weighted by Gasteiger charge is -2.39. The summed E-state index contributed by atoms with van der Waals surface area (Å²) in [6, 6.07) is 8.89. The fraction of sp³-hybridized carbons (Fsp3) is 0.632. The number of carbonyl (C=O) groups is 1. The minimum atomic E-state index is -0.419. The molecule has 1 amide bonds. The van der Waals surface area contributed by atoms with Crippen LogP contribution < -0.4 is 5.73 Å². The van der Waals surface area contributed by atoms with Gasteiger partial charge < -0.3 is 15.4 Å². The molecule has 0 spiro atoms. The Hall–Kier alpha value is -1.71. The van der Waals surface area contributed by atoms with E-state index in [4.69, 9.17) is 10.5 Å². The van der Waals surface area contributed by atoms with Gasteiger partial charge in [0.15, 0.2) is 0 Å². The van der Waals surface area contributed by atoms with Crippen LogP contribution in [0.3, 0.4) is 0 Å². The van der Waals surface area contributed by atoms with Crippen molar-refractivity contribution in [2.75, 3.05) is 5.73 Å². The average molecular weight is 316 g/mol. The Kier molecular flexibility index (Phi) is 4.26. The number of nitrogens with zero attached hydrogens (tertiary/aromatic N) is 1. The highest BCUT2D eigenvalue weighted by Gasteiger charge is 2.44. The molecule has 126 valence electrons. The first-order valence-corrected chi connectivity index (χ1v) is 8.67. The van der Waals surface area contributed by atoms with Crippen molar-refractivity contribution in [2.45, 2.75) is 70.6 Å². The van der Waals surface area contributed by atoms with Gasteiger partial charge in [-0.2, -0.15) is 0 Å². The van der Waals surface area contributed by atoms with Crippen molar-refractivity contribution in [3.63, 3.8) is 0 Å². The Morgan fingerprint density at radius 3 is 2.26 bits per heavy atom. The number of benzene rings is 1. The third-order valence-corrected chi connectivity index (χ3v) is 4.94. The maximum Gasteiger partial charge on any atom is 0.410 e. The van der Waals surface area contributed by atoms with Crippen molar-refractivity contribution in [3.8, 4) is 0 Å². The molecule has 2 atom stereocenters. The zero-order chi connectivity index (χ0) is 16.6. The second-order valence-electron chi connectivity index (χ2n) is 8.06. The van der Waals surface area contributed by atoms with Gasteiger partial charge in [-0.25, -0.2) is 4.79 Å². The predicted molar refractivity (Wildman–Crippen MR) is 92.2 cm³/mol. The van der Waals surface area contributed by atoms with Crippen LogP contribution in [-0.4, -0.2) is 28.7 Å². The maximum absolute atomic E-state index is 12.5. The summed E-state index contributed by atoms with van der Waals surface area (Å²) >= 11 is 0. The molecule has 2 fully saturated rings. The lowest BCUT2D eigenvalue weighted by Crippen LogP contribution is -2.48. The molecule has 3 rings (SSSR count). The quantitative estimate of drug-likeness (QED) is 0.839. The van der Waals surface area contributed by atoms with E-state index in [2.05, 4.69) is 12.1 Å². The maximum atomic E-state index is 12.5. The number of piperidine rings is 1. The number of amides is 1. The number of anilines is 1. The van der Waals surface area contributed by atoms with E-state index in [1.807, 2.05) is 37.8 Å². The summed E-state index contributed by atoms with van der Waals surface area (Å²) in [4.78, 5) is 14.5. The summed E-state index contributed by atoms with van der Waals surface area (Å²) in [5.41, 5.74) is 7.49. The van der Waals surface area contributed by atoms with Crippen molar-refractivity contribution >= 4 is 11.8 Å². The van der Waals surface area contributed by atoms with E-state index in [0.29, 0.717) is 18.0 Å². The van der Waals surface area contributed by atoms with Gasteiger partial charge in [0.05, 0.1) is 0 Å². The SMILES string of the molecule is CC(C)(C)OC(=O)N1C2CCC1CC(Cc1ccc(N)cc1)C2. The molecule has 2 bridgehead atoms. The van der Waals surface area contributed by atoms with Crippen LogP contribution in [0.5, 0.6) is 0 Å². The minimum absolute atomic E-state index is 0.129. The highest BCUT2D eigenvalue weighted by Crippen LogP contribution is 2.40. The summed E-state index contributed by atoms with van der Waals surface area (Å²) in [5.74, 6) is 0.648. The van der Waals surface area contributed by atoms with Crippen LogP contribution in [0.2, 0.25) is 0 Å². The summed E-state index contributed by atoms with van der Waals surface area (Å²) < 4.78 is 5.60. The highest BCUT2D eigenvalue weighted by atomic mass is 16.6. The summed E-state index contributed by atoms with van der Waals surface area (Å²) in [6.45, 7) is 5.79. The van der Waals surface area contributed by atoms with E-state index in [9.17, 15) is 4.79 Å². The van der Waals surface area contributed by atoms with Crippen LogP contribution in [-0.2, 0) is 11.2 Å². The van der Waals surface area contributed by atoms with E-state index in [-0.39, 0.29) is 6.09 Å². The zero-order valence-electron chi connectivity index (χ0n) is 14.4. The molecule has 0 saturated carbocycles. The van der Waals surface area contributed by atoms with Gasteiger partial charge in [-0.05, 0) is 76.5 Å². The molecule has 4 nitrogen and oxygen atoms in total. The van der Waals surface area contributed by atoms with Gasteiger partial charge in [0, 0.05) is 17.8 Å². The van der Waals surface area contributed by atoms with Crippen molar-refractivity contribution in [2.24, 2.45) is 5.92 Å². The van der Waals surface area contributed by atoms with Gasteiger partial charge in [0.2, 0.25) is 0 Å². The zero-order valence-corrected chi connectivity index (χ0v) is 14.4. The molecule has 2 heterocycles. The number of hydrogen-bond donors (Lipinski definition) is 1. The Morgan fingerprint density at radius 2 is 1.74 bits per heavy atom. The van der Waals surface area contributed by atoms with Crippen LogP contribution in [0.25, 0.3) is 0 Å². The first kappa shape index (κ1) is 16.2. The molecular formula is C19H28N2O2. The lowest BCUT2D eigenvalue weighted by molar-refractivity contribution is 0.00216. The second-order valence-corrected chi connectivity index (χ2v) is 8.06. The third-order valence-electron chi connectivity index (χ3n) is 4.94. The van der Waals surface area contributed by atoms with E-state index in [1.165, 1.54) is 5.56 Å². The molecular weight excluding hydrogens is 288 g/mol. The van der Waals surface area contributed by atoms with Crippen LogP contribution in [0.15, 0.2) is 24.3 Å². The number of nitrogens with two attached hydrogens (primary N) is 1. The first-order chi connectivity index (χ1) is 10.8.